The van der Waals surface area contributed by atoms with Gasteiger partial charge in [-0.25, -0.2) is 4.98 Å². The Bertz CT molecular complexity index is 1110. The molecule has 0 aliphatic heterocycles. The molecule has 0 saturated carbocycles. The van der Waals surface area contributed by atoms with Crippen molar-refractivity contribution in [1.82, 2.24) is 19.6 Å². The van der Waals surface area contributed by atoms with E-state index < -0.39 is 17.8 Å². The lowest BCUT2D eigenvalue weighted by Crippen LogP contribution is -2.14. The van der Waals surface area contributed by atoms with Gasteiger partial charge >= 0.3 is 12.1 Å². The number of fused-ring (bicyclic) bond motifs is 1. The summed E-state index contributed by atoms with van der Waals surface area (Å²) in [4.78, 5) is 19.8. The lowest BCUT2D eigenvalue weighted by Gasteiger charge is -2.15. The molecule has 2 aromatic heterocycles. The van der Waals surface area contributed by atoms with Crippen LogP contribution >= 0.6 is 11.8 Å². The fraction of sp³-hybridized carbons (Fsp3) is 0.368. The molecule has 0 saturated heterocycles. The molecule has 0 aliphatic rings. The highest BCUT2D eigenvalue weighted by Crippen LogP contribution is 2.41. The summed E-state index contributed by atoms with van der Waals surface area (Å²) in [5.41, 5.74) is -0.823. The Kier molecular flexibility index (Phi) is 6.96. The average molecular weight is 472 g/mol. The molecule has 0 fully saturated rings. The second-order valence-corrected chi connectivity index (χ2v) is 7.08. The van der Waals surface area contributed by atoms with Crippen LogP contribution in [0.25, 0.3) is 17.0 Å². The molecule has 0 N–H and O–H groups in total. The molecule has 0 atom stereocenters. The van der Waals surface area contributed by atoms with E-state index in [1.807, 2.05) is 0 Å². The highest BCUT2D eigenvalue weighted by atomic mass is 32.2. The molecular formula is C19H19F3N4O5S. The van der Waals surface area contributed by atoms with Gasteiger partial charge < -0.3 is 18.9 Å². The van der Waals surface area contributed by atoms with Crippen molar-refractivity contribution in [2.24, 2.45) is 0 Å². The van der Waals surface area contributed by atoms with Gasteiger partial charge in [0.25, 0.3) is 5.78 Å². The molecule has 0 radical (unpaired) electrons. The number of esters is 1. The van der Waals surface area contributed by atoms with Crippen molar-refractivity contribution in [3.8, 4) is 28.5 Å². The molecule has 0 aliphatic carbocycles. The number of methoxy groups -OCH3 is 3. The van der Waals surface area contributed by atoms with Gasteiger partial charge in [-0.1, -0.05) is 11.8 Å². The van der Waals surface area contributed by atoms with E-state index in [9.17, 15) is 18.0 Å². The van der Waals surface area contributed by atoms with Crippen LogP contribution in [0.4, 0.5) is 13.2 Å². The maximum absolute atomic E-state index is 13.8. The fourth-order valence-electron chi connectivity index (χ4n) is 2.82. The first-order chi connectivity index (χ1) is 15.2. The van der Waals surface area contributed by atoms with Gasteiger partial charge in [0.2, 0.25) is 10.9 Å². The first-order valence-corrected chi connectivity index (χ1v) is 10.1. The van der Waals surface area contributed by atoms with Crippen LogP contribution in [-0.2, 0) is 15.7 Å². The smallest absolute Gasteiger partial charge is 0.433 e. The summed E-state index contributed by atoms with van der Waals surface area (Å²) >= 11 is 0.851. The highest BCUT2D eigenvalue weighted by molar-refractivity contribution is 7.99. The van der Waals surface area contributed by atoms with Crippen molar-refractivity contribution >= 4 is 23.5 Å². The summed E-state index contributed by atoms with van der Waals surface area (Å²) in [5, 5.41) is 3.81. The summed E-state index contributed by atoms with van der Waals surface area (Å²) < 4.78 is 62.5. The number of hydrogen-bond donors (Lipinski definition) is 0. The molecule has 13 heteroatoms. The lowest BCUT2D eigenvalue weighted by molar-refractivity contribution is -0.143. The summed E-state index contributed by atoms with van der Waals surface area (Å²) in [6, 6.07) is 3.81. The van der Waals surface area contributed by atoms with Gasteiger partial charge in [-0.2, -0.15) is 22.7 Å². The molecule has 3 rings (SSSR count). The zero-order valence-electron chi connectivity index (χ0n) is 17.5. The van der Waals surface area contributed by atoms with Crippen LogP contribution in [0.2, 0.25) is 0 Å². The molecule has 3 aromatic rings. The molecular weight excluding hydrogens is 453 g/mol. The van der Waals surface area contributed by atoms with E-state index in [4.69, 9.17) is 18.9 Å². The van der Waals surface area contributed by atoms with Crippen LogP contribution in [0.1, 0.15) is 12.6 Å². The van der Waals surface area contributed by atoms with Crippen molar-refractivity contribution in [3.05, 3.63) is 23.9 Å². The second kappa shape index (κ2) is 9.51. The number of hydrogen-bond acceptors (Lipinski definition) is 9. The molecule has 0 amide bonds. The Labute approximate surface area is 184 Å². The van der Waals surface area contributed by atoms with E-state index in [1.165, 1.54) is 33.5 Å². The van der Waals surface area contributed by atoms with Crippen LogP contribution in [0.5, 0.6) is 17.2 Å². The highest BCUT2D eigenvalue weighted by Gasteiger charge is 2.36. The van der Waals surface area contributed by atoms with Gasteiger partial charge in [-0.05, 0) is 25.1 Å². The Hall–Kier alpha value is -3.22. The Morgan fingerprint density at radius 2 is 1.72 bits per heavy atom. The third-order valence-electron chi connectivity index (χ3n) is 4.17. The number of carbonyl (C=O) groups is 1. The van der Waals surface area contributed by atoms with E-state index in [0.29, 0.717) is 4.52 Å². The summed E-state index contributed by atoms with van der Waals surface area (Å²) in [6.45, 7) is 1.84. The molecule has 0 spiro atoms. The van der Waals surface area contributed by atoms with E-state index in [2.05, 4.69) is 15.1 Å². The maximum atomic E-state index is 13.8. The standard InChI is InChI=1S/C19H19F3N4O5S/c1-5-31-15(27)9-32-18-24-17-23-11(8-14(19(20,21)22)26(17)25-18)10-6-12(28-2)16(30-4)13(7-10)29-3/h6-8H,5,9H2,1-4H3. The van der Waals surface area contributed by atoms with Crippen LogP contribution in [0, 0.1) is 0 Å². The number of aromatic nitrogens is 4. The minimum absolute atomic E-state index is 0.0292. The Morgan fingerprint density at radius 1 is 1.06 bits per heavy atom. The predicted octanol–water partition coefficient (Wildman–Crippen LogP) is 3.49. The van der Waals surface area contributed by atoms with Gasteiger partial charge in [0.05, 0.1) is 39.4 Å². The van der Waals surface area contributed by atoms with Crippen LogP contribution in [0.15, 0.2) is 23.4 Å². The number of ether oxygens (including phenoxy) is 4. The molecule has 32 heavy (non-hydrogen) atoms. The van der Waals surface area contributed by atoms with E-state index in [0.717, 1.165) is 17.8 Å². The predicted molar refractivity (Wildman–Crippen MR) is 108 cm³/mol. The number of nitrogens with zero attached hydrogens (tertiary/aromatic N) is 4. The first-order valence-electron chi connectivity index (χ1n) is 9.15. The first kappa shape index (κ1) is 23.4. The number of thioether (sulfide) groups is 1. The number of alkyl halides is 3. The third-order valence-corrected chi connectivity index (χ3v) is 4.98. The number of benzene rings is 1. The van der Waals surface area contributed by atoms with E-state index in [1.54, 1.807) is 6.92 Å². The quantitative estimate of drug-likeness (QED) is 0.360. The van der Waals surface area contributed by atoms with Gasteiger partial charge in [0.1, 0.15) is 0 Å². The minimum Gasteiger partial charge on any atom is -0.493 e. The second-order valence-electron chi connectivity index (χ2n) is 6.14. The summed E-state index contributed by atoms with van der Waals surface area (Å²) in [7, 11) is 4.20. The van der Waals surface area contributed by atoms with Gasteiger partial charge in [0.15, 0.2) is 17.2 Å². The summed E-state index contributed by atoms with van der Waals surface area (Å²) in [5.74, 6) is -0.163. The third kappa shape index (κ3) is 4.82. The van der Waals surface area contributed by atoms with Crippen molar-refractivity contribution < 1.29 is 36.9 Å². The molecule has 2 heterocycles. The van der Waals surface area contributed by atoms with Crippen molar-refractivity contribution in [1.29, 1.82) is 0 Å². The molecule has 172 valence electrons. The molecule has 9 nitrogen and oxygen atoms in total. The van der Waals surface area contributed by atoms with Crippen LogP contribution in [-0.4, -0.2) is 59.2 Å². The fourth-order valence-corrected chi connectivity index (χ4v) is 3.43. The Balaban J connectivity index is 2.12. The lowest BCUT2D eigenvalue weighted by atomic mass is 10.1. The number of carbonyl (C=O) groups excluding carboxylic acids is 1. The normalized spacial score (nSPS) is 11.5. The topological polar surface area (TPSA) is 97.1 Å². The molecule has 0 unspecified atom stereocenters. The maximum Gasteiger partial charge on any atom is 0.433 e. The molecule has 1 aromatic carbocycles. The monoisotopic (exact) mass is 472 g/mol. The minimum atomic E-state index is -4.74. The van der Waals surface area contributed by atoms with Crippen molar-refractivity contribution in [2.45, 2.75) is 18.3 Å². The van der Waals surface area contributed by atoms with Crippen LogP contribution in [0.3, 0.4) is 0 Å². The van der Waals surface area contributed by atoms with Crippen molar-refractivity contribution in [3.63, 3.8) is 0 Å². The van der Waals surface area contributed by atoms with Gasteiger partial charge in [0, 0.05) is 5.56 Å². The SMILES string of the molecule is CCOC(=O)CSc1nc2nc(-c3cc(OC)c(OC)c(OC)c3)cc(C(F)(F)F)n2n1. The average Bonchev–Trinajstić information content (AvgIpc) is 3.18. The largest absolute Gasteiger partial charge is 0.493 e. The van der Waals surface area contributed by atoms with Gasteiger partial charge in [-0.3, -0.25) is 4.79 Å². The zero-order chi connectivity index (χ0) is 23.5. The number of halogens is 3. The van der Waals surface area contributed by atoms with Crippen LogP contribution < -0.4 is 14.2 Å². The molecule has 0 bridgehead atoms. The van der Waals surface area contributed by atoms with Crippen molar-refractivity contribution in [2.75, 3.05) is 33.7 Å². The van der Waals surface area contributed by atoms with E-state index >= 15 is 0 Å². The zero-order valence-corrected chi connectivity index (χ0v) is 18.3. The van der Waals surface area contributed by atoms with E-state index in [-0.39, 0.29) is 51.8 Å². The Morgan fingerprint density at radius 3 is 2.25 bits per heavy atom. The summed E-state index contributed by atoms with van der Waals surface area (Å²) in [6.07, 6.45) is -4.74. The van der Waals surface area contributed by atoms with Gasteiger partial charge in [-0.15, -0.1) is 5.10 Å². The number of rotatable bonds is 8.